The molecule has 1 aliphatic heterocycles. The molecule has 0 aliphatic carbocycles. The summed E-state index contributed by atoms with van der Waals surface area (Å²) >= 11 is 0. The number of carbonyl (C=O) groups is 1. The molecule has 2 unspecified atom stereocenters. The Morgan fingerprint density at radius 1 is 1.57 bits per heavy atom. The fourth-order valence-corrected chi connectivity index (χ4v) is 2.57. The maximum atomic E-state index is 13.4. The molecule has 23 heavy (non-hydrogen) atoms. The topological polar surface area (TPSA) is 50.8 Å². The fraction of sp³-hybridized carbons (Fsp3) is 0.588. The molecule has 2 rings (SSSR count). The molecular weight excluding hydrogens is 299 g/mol. The van der Waals surface area contributed by atoms with E-state index in [4.69, 9.17) is 9.47 Å². The highest BCUT2D eigenvalue weighted by Crippen LogP contribution is 2.24. The normalized spacial score (nSPS) is 19.5. The Morgan fingerprint density at radius 3 is 3.04 bits per heavy atom. The van der Waals surface area contributed by atoms with Crippen LogP contribution in [0.25, 0.3) is 0 Å². The number of benzene rings is 1. The van der Waals surface area contributed by atoms with Crippen molar-refractivity contribution in [3.63, 3.8) is 0 Å². The molecule has 1 saturated heterocycles. The van der Waals surface area contributed by atoms with Gasteiger partial charge in [0.15, 0.2) is 0 Å². The van der Waals surface area contributed by atoms with Crippen LogP contribution in [0.1, 0.15) is 30.6 Å². The third kappa shape index (κ3) is 4.91. The van der Waals surface area contributed by atoms with Gasteiger partial charge in [-0.1, -0.05) is 12.1 Å². The van der Waals surface area contributed by atoms with Crippen LogP contribution in [0.15, 0.2) is 18.2 Å². The Kier molecular flexibility index (Phi) is 6.36. The van der Waals surface area contributed by atoms with Gasteiger partial charge in [0, 0.05) is 26.3 Å². The number of amides is 2. The summed E-state index contributed by atoms with van der Waals surface area (Å²) < 4.78 is 24.2. The van der Waals surface area contributed by atoms with Gasteiger partial charge in [-0.2, -0.15) is 0 Å². The number of carbonyl (C=O) groups excluding carboxylic acids is 1. The van der Waals surface area contributed by atoms with Crippen molar-refractivity contribution in [3.05, 3.63) is 35.1 Å². The number of urea groups is 1. The number of hydrogen-bond donors (Lipinski definition) is 1. The zero-order valence-electron chi connectivity index (χ0n) is 14.0. The first kappa shape index (κ1) is 17.7. The molecule has 1 N–H and O–H groups in total. The third-order valence-electron chi connectivity index (χ3n) is 4.03. The van der Waals surface area contributed by atoms with Crippen molar-refractivity contribution in [2.75, 3.05) is 33.4 Å². The number of morpholine rings is 1. The minimum Gasteiger partial charge on any atom is -0.385 e. The van der Waals surface area contributed by atoms with Crippen LogP contribution in [-0.2, 0) is 9.47 Å². The zero-order chi connectivity index (χ0) is 16.8. The van der Waals surface area contributed by atoms with E-state index >= 15 is 0 Å². The maximum Gasteiger partial charge on any atom is 0.317 e. The number of nitrogens with zero attached hydrogens (tertiary/aromatic N) is 1. The summed E-state index contributed by atoms with van der Waals surface area (Å²) in [6, 6.07) is 4.90. The smallest absolute Gasteiger partial charge is 0.317 e. The SMILES string of the molecule is COCCC(C)NC(=O)N1CCOC(c2ccc(F)c(C)c2)C1. The van der Waals surface area contributed by atoms with Crippen molar-refractivity contribution in [1.29, 1.82) is 0 Å². The number of ether oxygens (including phenoxy) is 2. The Hall–Kier alpha value is -1.66. The Bertz CT molecular complexity index is 539. The molecule has 5 nitrogen and oxygen atoms in total. The Balaban J connectivity index is 1.94. The van der Waals surface area contributed by atoms with Crippen molar-refractivity contribution in [3.8, 4) is 0 Å². The minimum absolute atomic E-state index is 0.0526. The number of rotatable bonds is 5. The fourth-order valence-electron chi connectivity index (χ4n) is 2.57. The Labute approximate surface area is 136 Å². The quantitative estimate of drug-likeness (QED) is 0.906. The minimum atomic E-state index is -0.230. The molecule has 0 radical (unpaired) electrons. The molecule has 1 heterocycles. The van der Waals surface area contributed by atoms with Crippen LogP contribution in [0, 0.1) is 12.7 Å². The lowest BCUT2D eigenvalue weighted by molar-refractivity contribution is -0.0158. The first-order valence-electron chi connectivity index (χ1n) is 7.93. The predicted molar refractivity (Wildman–Crippen MR) is 85.9 cm³/mol. The van der Waals surface area contributed by atoms with Crippen LogP contribution in [0.3, 0.4) is 0 Å². The molecule has 128 valence electrons. The highest BCUT2D eigenvalue weighted by atomic mass is 19.1. The molecule has 1 fully saturated rings. The second-order valence-corrected chi connectivity index (χ2v) is 5.95. The van der Waals surface area contributed by atoms with Gasteiger partial charge in [0.25, 0.3) is 0 Å². The van der Waals surface area contributed by atoms with E-state index in [1.54, 1.807) is 31.1 Å². The van der Waals surface area contributed by atoms with Crippen molar-refractivity contribution in [2.24, 2.45) is 0 Å². The highest BCUT2D eigenvalue weighted by molar-refractivity contribution is 5.74. The summed E-state index contributed by atoms with van der Waals surface area (Å²) in [7, 11) is 1.64. The summed E-state index contributed by atoms with van der Waals surface area (Å²) in [5.74, 6) is -0.230. The van der Waals surface area contributed by atoms with Crippen molar-refractivity contribution in [2.45, 2.75) is 32.4 Å². The summed E-state index contributed by atoms with van der Waals surface area (Å²) in [6.07, 6.45) is 0.552. The number of methoxy groups -OCH3 is 1. The van der Waals surface area contributed by atoms with Crippen LogP contribution >= 0.6 is 0 Å². The van der Waals surface area contributed by atoms with Gasteiger partial charge in [0.05, 0.1) is 13.2 Å². The van der Waals surface area contributed by atoms with Gasteiger partial charge in [-0.3, -0.25) is 0 Å². The van der Waals surface area contributed by atoms with E-state index in [0.29, 0.717) is 31.9 Å². The first-order valence-corrected chi connectivity index (χ1v) is 7.93. The first-order chi connectivity index (χ1) is 11.0. The van der Waals surface area contributed by atoms with Gasteiger partial charge >= 0.3 is 6.03 Å². The van der Waals surface area contributed by atoms with Gasteiger partial charge in [0.1, 0.15) is 11.9 Å². The average molecular weight is 324 g/mol. The van der Waals surface area contributed by atoms with Crippen molar-refractivity contribution < 1.29 is 18.7 Å². The molecule has 1 aliphatic rings. The van der Waals surface area contributed by atoms with E-state index in [9.17, 15) is 9.18 Å². The van der Waals surface area contributed by atoms with E-state index in [0.717, 1.165) is 12.0 Å². The van der Waals surface area contributed by atoms with Gasteiger partial charge in [0.2, 0.25) is 0 Å². The lowest BCUT2D eigenvalue weighted by Crippen LogP contribution is -2.49. The number of aryl methyl sites for hydroxylation is 1. The van der Waals surface area contributed by atoms with Crippen LogP contribution < -0.4 is 5.32 Å². The molecule has 0 bridgehead atoms. The molecule has 1 aromatic rings. The second kappa shape index (κ2) is 8.26. The van der Waals surface area contributed by atoms with Gasteiger partial charge in [-0.25, -0.2) is 9.18 Å². The summed E-state index contributed by atoms with van der Waals surface area (Å²) in [5, 5.41) is 2.97. The predicted octanol–water partition coefficient (Wildman–Crippen LogP) is 2.64. The lowest BCUT2D eigenvalue weighted by Gasteiger charge is -2.34. The Morgan fingerprint density at radius 2 is 2.35 bits per heavy atom. The number of nitrogens with one attached hydrogen (secondary N) is 1. The standard InChI is InChI=1S/C17H25FN2O3/c1-12-10-14(4-5-15(12)18)16-11-20(7-9-23-16)17(21)19-13(2)6-8-22-3/h4-5,10,13,16H,6-9,11H2,1-3H3,(H,19,21). The van der Waals surface area contributed by atoms with E-state index < -0.39 is 0 Å². The van der Waals surface area contributed by atoms with Crippen LogP contribution in [0.5, 0.6) is 0 Å². The molecule has 0 spiro atoms. The molecule has 6 heteroatoms. The van der Waals surface area contributed by atoms with Crippen LogP contribution in [0.2, 0.25) is 0 Å². The molecule has 0 saturated carbocycles. The van der Waals surface area contributed by atoms with Crippen LogP contribution in [0.4, 0.5) is 9.18 Å². The lowest BCUT2D eigenvalue weighted by atomic mass is 10.0. The van der Waals surface area contributed by atoms with Crippen molar-refractivity contribution >= 4 is 6.03 Å². The molecule has 1 aromatic carbocycles. The number of halogens is 1. The average Bonchev–Trinajstić information content (AvgIpc) is 2.55. The van der Waals surface area contributed by atoms with E-state index in [1.807, 2.05) is 6.92 Å². The summed E-state index contributed by atoms with van der Waals surface area (Å²) in [4.78, 5) is 14.1. The number of hydrogen-bond acceptors (Lipinski definition) is 3. The van der Waals surface area contributed by atoms with Gasteiger partial charge in [-0.15, -0.1) is 0 Å². The summed E-state index contributed by atoms with van der Waals surface area (Å²) in [5.41, 5.74) is 1.48. The molecule has 0 aromatic heterocycles. The third-order valence-corrected chi connectivity index (χ3v) is 4.03. The van der Waals surface area contributed by atoms with E-state index in [1.165, 1.54) is 6.07 Å². The van der Waals surface area contributed by atoms with Crippen molar-refractivity contribution in [1.82, 2.24) is 10.2 Å². The molecule has 2 atom stereocenters. The largest absolute Gasteiger partial charge is 0.385 e. The molecule has 2 amide bonds. The highest BCUT2D eigenvalue weighted by Gasteiger charge is 2.26. The zero-order valence-corrected chi connectivity index (χ0v) is 14.0. The van der Waals surface area contributed by atoms with Crippen LogP contribution in [-0.4, -0.2) is 50.4 Å². The molecular formula is C17H25FN2O3. The van der Waals surface area contributed by atoms with E-state index in [2.05, 4.69) is 5.32 Å². The maximum absolute atomic E-state index is 13.4. The summed E-state index contributed by atoms with van der Waals surface area (Å²) in [6.45, 7) is 5.79. The van der Waals surface area contributed by atoms with Gasteiger partial charge < -0.3 is 19.7 Å². The van der Waals surface area contributed by atoms with E-state index in [-0.39, 0.29) is 24.0 Å². The second-order valence-electron chi connectivity index (χ2n) is 5.95. The monoisotopic (exact) mass is 324 g/mol. The van der Waals surface area contributed by atoms with Gasteiger partial charge in [-0.05, 0) is 37.5 Å².